The third-order valence-electron chi connectivity index (χ3n) is 4.14. The fourth-order valence-corrected chi connectivity index (χ4v) is 2.68. The summed E-state index contributed by atoms with van der Waals surface area (Å²) in [5, 5.41) is 0. The molecule has 0 aliphatic rings. The van der Waals surface area contributed by atoms with Crippen LogP contribution in [-0.4, -0.2) is 22.6 Å². The third kappa shape index (κ3) is 6.21. The molecule has 0 radical (unpaired) electrons. The minimum Gasteiger partial charge on any atom is -0.294 e. The van der Waals surface area contributed by atoms with Gasteiger partial charge in [0.1, 0.15) is 0 Å². The zero-order chi connectivity index (χ0) is 19.2. The Morgan fingerprint density at radius 3 is 1.27 bits per heavy atom. The van der Waals surface area contributed by atoms with Crippen LogP contribution >= 0.6 is 0 Å². The standard InChI is InChI=1S/C22H28N2O2/c1-21(2,15-19(25)17-11-7-5-8-12-17)23-24-22(3,4)16-20(26)18-13-9-6-10-14-18/h5-14,23-24H,15-16H2,1-4H3. The number of hydrazine groups is 1. The number of carbonyl (C=O) groups is 2. The van der Waals surface area contributed by atoms with Gasteiger partial charge in [0.15, 0.2) is 11.6 Å². The van der Waals surface area contributed by atoms with E-state index < -0.39 is 11.1 Å². The Morgan fingerprint density at radius 1 is 0.654 bits per heavy atom. The molecule has 0 aliphatic carbocycles. The van der Waals surface area contributed by atoms with E-state index in [4.69, 9.17) is 0 Å². The van der Waals surface area contributed by atoms with Crippen LogP contribution in [0, 0.1) is 0 Å². The highest BCUT2D eigenvalue weighted by Gasteiger charge is 2.27. The van der Waals surface area contributed by atoms with Crippen LogP contribution in [0.3, 0.4) is 0 Å². The van der Waals surface area contributed by atoms with Gasteiger partial charge in [-0.2, -0.15) is 0 Å². The predicted molar refractivity (Wildman–Crippen MR) is 105 cm³/mol. The van der Waals surface area contributed by atoms with Gasteiger partial charge < -0.3 is 0 Å². The number of benzene rings is 2. The number of carbonyl (C=O) groups excluding carboxylic acids is 2. The number of ketones is 2. The van der Waals surface area contributed by atoms with E-state index in [1.165, 1.54) is 0 Å². The maximum Gasteiger partial charge on any atom is 0.164 e. The molecule has 4 nitrogen and oxygen atoms in total. The van der Waals surface area contributed by atoms with Crippen molar-refractivity contribution in [2.24, 2.45) is 0 Å². The molecule has 0 saturated heterocycles. The number of rotatable bonds is 9. The van der Waals surface area contributed by atoms with Crippen molar-refractivity contribution in [3.8, 4) is 0 Å². The molecule has 26 heavy (non-hydrogen) atoms. The first-order valence-electron chi connectivity index (χ1n) is 8.89. The van der Waals surface area contributed by atoms with Crippen LogP contribution in [0.4, 0.5) is 0 Å². The highest BCUT2D eigenvalue weighted by molar-refractivity contribution is 5.97. The van der Waals surface area contributed by atoms with Gasteiger partial charge in [-0.05, 0) is 27.7 Å². The van der Waals surface area contributed by atoms with Gasteiger partial charge in [0.2, 0.25) is 0 Å². The zero-order valence-electron chi connectivity index (χ0n) is 16.0. The molecule has 0 heterocycles. The van der Waals surface area contributed by atoms with E-state index in [-0.39, 0.29) is 11.6 Å². The lowest BCUT2D eigenvalue weighted by atomic mass is 9.93. The number of Topliss-reactive ketones (excluding diaryl/α,β-unsaturated/α-hetero) is 2. The van der Waals surface area contributed by atoms with Crippen molar-refractivity contribution in [3.63, 3.8) is 0 Å². The quantitative estimate of drug-likeness (QED) is 0.525. The second-order valence-electron chi connectivity index (χ2n) is 7.95. The summed E-state index contributed by atoms with van der Waals surface area (Å²) < 4.78 is 0. The van der Waals surface area contributed by atoms with Gasteiger partial charge >= 0.3 is 0 Å². The molecule has 0 unspecified atom stereocenters. The summed E-state index contributed by atoms with van der Waals surface area (Å²) in [6.45, 7) is 7.87. The van der Waals surface area contributed by atoms with E-state index in [0.29, 0.717) is 24.0 Å². The highest BCUT2D eigenvalue weighted by Crippen LogP contribution is 2.17. The van der Waals surface area contributed by atoms with Gasteiger partial charge in [-0.25, -0.2) is 0 Å². The van der Waals surface area contributed by atoms with Crippen LogP contribution in [0.5, 0.6) is 0 Å². The summed E-state index contributed by atoms with van der Waals surface area (Å²) in [7, 11) is 0. The molecule has 0 bridgehead atoms. The van der Waals surface area contributed by atoms with E-state index >= 15 is 0 Å². The van der Waals surface area contributed by atoms with Crippen molar-refractivity contribution < 1.29 is 9.59 Å². The normalized spacial score (nSPS) is 12.0. The molecule has 138 valence electrons. The third-order valence-corrected chi connectivity index (χ3v) is 4.14. The molecule has 2 aromatic carbocycles. The second-order valence-corrected chi connectivity index (χ2v) is 7.95. The molecule has 0 fully saturated rings. The Kier molecular flexibility index (Phi) is 6.46. The molecule has 2 rings (SSSR count). The molecule has 2 N–H and O–H groups in total. The lowest BCUT2D eigenvalue weighted by Crippen LogP contribution is -2.57. The molecule has 0 aromatic heterocycles. The van der Waals surface area contributed by atoms with Crippen LogP contribution < -0.4 is 10.9 Å². The smallest absolute Gasteiger partial charge is 0.164 e. The molecule has 0 amide bonds. The second kappa shape index (κ2) is 8.39. The van der Waals surface area contributed by atoms with Gasteiger partial charge in [0, 0.05) is 35.0 Å². The summed E-state index contributed by atoms with van der Waals surface area (Å²) in [6, 6.07) is 18.6. The molecule has 0 atom stereocenters. The summed E-state index contributed by atoms with van der Waals surface area (Å²) in [5.74, 6) is 0.172. The zero-order valence-corrected chi connectivity index (χ0v) is 16.0. The topological polar surface area (TPSA) is 58.2 Å². The Morgan fingerprint density at radius 2 is 0.962 bits per heavy atom. The van der Waals surface area contributed by atoms with Crippen LogP contribution in [0.15, 0.2) is 60.7 Å². The van der Waals surface area contributed by atoms with Crippen LogP contribution in [-0.2, 0) is 0 Å². The highest BCUT2D eigenvalue weighted by atomic mass is 16.1. The average Bonchev–Trinajstić information content (AvgIpc) is 2.61. The van der Waals surface area contributed by atoms with Gasteiger partial charge in [-0.3, -0.25) is 20.4 Å². The number of nitrogens with one attached hydrogen (secondary N) is 2. The molecular formula is C22H28N2O2. The van der Waals surface area contributed by atoms with Crippen LogP contribution in [0.1, 0.15) is 61.3 Å². The minimum absolute atomic E-state index is 0.0862. The minimum atomic E-state index is -0.444. The van der Waals surface area contributed by atoms with Crippen molar-refractivity contribution in [3.05, 3.63) is 71.8 Å². The van der Waals surface area contributed by atoms with Crippen molar-refractivity contribution in [2.75, 3.05) is 0 Å². The van der Waals surface area contributed by atoms with Gasteiger partial charge in [-0.15, -0.1) is 0 Å². The Hall–Kier alpha value is -2.30. The van der Waals surface area contributed by atoms with Crippen LogP contribution in [0.25, 0.3) is 0 Å². The average molecular weight is 352 g/mol. The molecule has 2 aromatic rings. The van der Waals surface area contributed by atoms with E-state index in [9.17, 15) is 9.59 Å². The summed E-state index contributed by atoms with van der Waals surface area (Å²) >= 11 is 0. The Balaban J connectivity index is 1.90. The van der Waals surface area contributed by atoms with Gasteiger partial charge in [0.25, 0.3) is 0 Å². The molecular weight excluding hydrogens is 324 g/mol. The lowest BCUT2D eigenvalue weighted by Gasteiger charge is -2.33. The molecule has 0 spiro atoms. The van der Waals surface area contributed by atoms with E-state index in [2.05, 4.69) is 10.9 Å². The summed E-state index contributed by atoms with van der Waals surface area (Å²) in [6.07, 6.45) is 0.708. The first kappa shape index (κ1) is 20.0. The van der Waals surface area contributed by atoms with E-state index in [1.807, 2.05) is 88.4 Å². The van der Waals surface area contributed by atoms with Gasteiger partial charge in [0.05, 0.1) is 0 Å². The first-order valence-corrected chi connectivity index (χ1v) is 8.89. The Bertz CT molecular complexity index is 672. The molecule has 0 aliphatic heterocycles. The first-order chi connectivity index (χ1) is 12.2. The summed E-state index contributed by atoms with van der Waals surface area (Å²) in [4.78, 5) is 24.9. The summed E-state index contributed by atoms with van der Waals surface area (Å²) in [5.41, 5.74) is 7.00. The largest absolute Gasteiger partial charge is 0.294 e. The fourth-order valence-electron chi connectivity index (χ4n) is 2.68. The molecule has 0 saturated carbocycles. The number of hydrogen-bond donors (Lipinski definition) is 2. The predicted octanol–water partition coefficient (Wildman–Crippen LogP) is 4.18. The molecule has 4 heteroatoms. The van der Waals surface area contributed by atoms with Crippen molar-refractivity contribution in [2.45, 2.75) is 51.6 Å². The fraction of sp³-hybridized carbons (Fsp3) is 0.364. The van der Waals surface area contributed by atoms with Crippen molar-refractivity contribution in [1.29, 1.82) is 0 Å². The van der Waals surface area contributed by atoms with E-state index in [0.717, 1.165) is 0 Å². The monoisotopic (exact) mass is 352 g/mol. The maximum atomic E-state index is 12.4. The Labute approximate surface area is 156 Å². The maximum absolute atomic E-state index is 12.4. The van der Waals surface area contributed by atoms with Crippen LogP contribution in [0.2, 0.25) is 0 Å². The lowest BCUT2D eigenvalue weighted by molar-refractivity contribution is 0.0896. The van der Waals surface area contributed by atoms with Gasteiger partial charge in [-0.1, -0.05) is 60.7 Å². The number of hydrogen-bond acceptors (Lipinski definition) is 4. The van der Waals surface area contributed by atoms with Crippen molar-refractivity contribution >= 4 is 11.6 Å². The van der Waals surface area contributed by atoms with E-state index in [1.54, 1.807) is 0 Å². The SMILES string of the molecule is CC(C)(CC(=O)c1ccccc1)NNC(C)(C)CC(=O)c1ccccc1. The van der Waals surface area contributed by atoms with Crippen molar-refractivity contribution in [1.82, 2.24) is 10.9 Å².